The third kappa shape index (κ3) is 4.87. The molecule has 1 amide bonds. The summed E-state index contributed by atoms with van der Waals surface area (Å²) in [6.07, 6.45) is 4.57. The lowest BCUT2D eigenvalue weighted by Gasteiger charge is -2.35. The molecule has 3 heterocycles. The molecule has 0 saturated carbocycles. The number of benzene rings is 2. The molecule has 0 aliphatic carbocycles. The molecule has 6 nitrogen and oxygen atoms in total. The Balaban J connectivity index is 1.34. The Bertz CT molecular complexity index is 1080. The van der Waals surface area contributed by atoms with Crippen LogP contribution in [0, 0.1) is 6.92 Å². The maximum Gasteiger partial charge on any atom is 0.257 e. The molecule has 1 aromatic heterocycles. The first-order valence-electron chi connectivity index (χ1n) is 12.1. The molecular formula is C27H33N5O. The van der Waals surface area contributed by atoms with Crippen molar-refractivity contribution >= 4 is 5.91 Å². The third-order valence-corrected chi connectivity index (χ3v) is 6.96. The van der Waals surface area contributed by atoms with Crippen molar-refractivity contribution in [1.82, 2.24) is 24.5 Å². The van der Waals surface area contributed by atoms with E-state index in [9.17, 15) is 4.79 Å². The van der Waals surface area contributed by atoms with Crippen LogP contribution in [0.4, 0.5) is 0 Å². The molecule has 0 unspecified atom stereocenters. The van der Waals surface area contributed by atoms with Crippen molar-refractivity contribution in [2.75, 3.05) is 52.4 Å². The van der Waals surface area contributed by atoms with E-state index in [-0.39, 0.29) is 5.91 Å². The van der Waals surface area contributed by atoms with Gasteiger partial charge in [0.15, 0.2) is 0 Å². The van der Waals surface area contributed by atoms with Crippen LogP contribution < -0.4 is 0 Å². The van der Waals surface area contributed by atoms with Crippen LogP contribution >= 0.6 is 0 Å². The highest BCUT2D eigenvalue weighted by Crippen LogP contribution is 2.28. The summed E-state index contributed by atoms with van der Waals surface area (Å²) in [5, 5.41) is 4.87. The Kier molecular flexibility index (Phi) is 6.55. The molecule has 5 rings (SSSR count). The van der Waals surface area contributed by atoms with Crippen molar-refractivity contribution in [3.05, 3.63) is 71.9 Å². The lowest BCUT2D eigenvalue weighted by Crippen LogP contribution is -2.50. The van der Waals surface area contributed by atoms with E-state index in [2.05, 4.69) is 28.9 Å². The molecule has 3 aromatic rings. The fraction of sp³-hybridized carbons (Fsp3) is 0.407. The number of hydrogen-bond donors (Lipinski definition) is 0. The van der Waals surface area contributed by atoms with E-state index in [1.165, 1.54) is 25.9 Å². The van der Waals surface area contributed by atoms with Crippen LogP contribution in [0.3, 0.4) is 0 Å². The Labute approximate surface area is 196 Å². The number of carbonyl (C=O) groups excluding carboxylic acids is 1. The van der Waals surface area contributed by atoms with Gasteiger partial charge in [0.05, 0.1) is 11.3 Å². The first-order chi connectivity index (χ1) is 16.2. The van der Waals surface area contributed by atoms with Gasteiger partial charge in [0.2, 0.25) is 0 Å². The van der Waals surface area contributed by atoms with Gasteiger partial charge in [-0.15, -0.1) is 0 Å². The predicted molar refractivity (Wildman–Crippen MR) is 132 cm³/mol. The fourth-order valence-electron chi connectivity index (χ4n) is 4.91. The molecule has 33 heavy (non-hydrogen) atoms. The lowest BCUT2D eigenvalue weighted by atomic mass is 10.0. The SMILES string of the molecule is Cc1ccccc1-c1nn(-c2ccccc2)cc1C(=O)N1CCN(CCN2CCCC2)CC1. The van der Waals surface area contributed by atoms with Gasteiger partial charge in [-0.3, -0.25) is 9.69 Å². The molecular weight excluding hydrogens is 410 g/mol. The standard InChI is InChI=1S/C27H33N5O/c1-22-9-5-6-12-24(22)26-25(21-32(28-26)23-10-3-2-4-11-23)27(33)31-19-17-30(18-20-31)16-15-29-13-7-8-14-29/h2-6,9-12,21H,7-8,13-20H2,1H3. The number of aryl methyl sites for hydroxylation is 1. The average Bonchev–Trinajstić information content (AvgIpc) is 3.54. The van der Waals surface area contributed by atoms with E-state index < -0.39 is 0 Å². The molecule has 2 saturated heterocycles. The first kappa shape index (κ1) is 21.9. The second-order valence-corrected chi connectivity index (χ2v) is 9.17. The highest BCUT2D eigenvalue weighted by atomic mass is 16.2. The second kappa shape index (κ2) is 9.89. The topological polar surface area (TPSA) is 44.6 Å². The normalized spacial score (nSPS) is 17.5. The van der Waals surface area contributed by atoms with Crippen LogP contribution in [-0.2, 0) is 0 Å². The van der Waals surface area contributed by atoms with Gasteiger partial charge in [0.25, 0.3) is 5.91 Å². The summed E-state index contributed by atoms with van der Waals surface area (Å²) in [5.74, 6) is 0.0784. The molecule has 2 aromatic carbocycles. The maximum absolute atomic E-state index is 13.7. The van der Waals surface area contributed by atoms with Gasteiger partial charge in [-0.25, -0.2) is 4.68 Å². The number of aromatic nitrogens is 2. The highest BCUT2D eigenvalue weighted by Gasteiger charge is 2.27. The van der Waals surface area contributed by atoms with E-state index in [4.69, 9.17) is 5.10 Å². The quantitative estimate of drug-likeness (QED) is 0.583. The average molecular weight is 444 g/mol. The second-order valence-electron chi connectivity index (χ2n) is 9.17. The monoisotopic (exact) mass is 443 g/mol. The smallest absolute Gasteiger partial charge is 0.257 e. The van der Waals surface area contributed by atoms with E-state index >= 15 is 0 Å². The van der Waals surface area contributed by atoms with Gasteiger partial charge in [-0.1, -0.05) is 42.5 Å². The zero-order valence-electron chi connectivity index (χ0n) is 19.5. The predicted octanol–water partition coefficient (Wildman–Crippen LogP) is 3.70. The van der Waals surface area contributed by atoms with Crippen molar-refractivity contribution in [1.29, 1.82) is 0 Å². The summed E-state index contributed by atoms with van der Waals surface area (Å²) in [4.78, 5) is 20.7. The molecule has 2 aliphatic heterocycles. The molecule has 2 aliphatic rings. The minimum Gasteiger partial charge on any atom is -0.336 e. The van der Waals surface area contributed by atoms with Crippen molar-refractivity contribution < 1.29 is 4.79 Å². The molecule has 6 heteroatoms. The van der Waals surface area contributed by atoms with Gasteiger partial charge in [-0.2, -0.15) is 5.10 Å². The molecule has 172 valence electrons. The minimum absolute atomic E-state index is 0.0784. The first-order valence-corrected chi connectivity index (χ1v) is 12.1. The Hall–Kier alpha value is -2.96. The number of amides is 1. The van der Waals surface area contributed by atoms with E-state index in [1.54, 1.807) is 0 Å². The minimum atomic E-state index is 0.0784. The number of para-hydroxylation sites is 1. The summed E-state index contributed by atoms with van der Waals surface area (Å²) in [7, 11) is 0. The van der Waals surface area contributed by atoms with Crippen molar-refractivity contribution in [2.24, 2.45) is 0 Å². The summed E-state index contributed by atoms with van der Waals surface area (Å²) in [6.45, 7) is 10.2. The van der Waals surface area contributed by atoms with Crippen molar-refractivity contribution in [3.8, 4) is 16.9 Å². The van der Waals surface area contributed by atoms with Gasteiger partial charge in [-0.05, 0) is 50.6 Å². The molecule has 2 fully saturated rings. The molecule has 0 atom stereocenters. The maximum atomic E-state index is 13.7. The van der Waals surface area contributed by atoms with E-state index in [1.807, 2.05) is 58.2 Å². The zero-order valence-corrected chi connectivity index (χ0v) is 19.5. The number of likely N-dealkylation sites (tertiary alicyclic amines) is 1. The number of nitrogens with zero attached hydrogens (tertiary/aromatic N) is 5. The van der Waals surface area contributed by atoms with Crippen LogP contribution in [0.15, 0.2) is 60.8 Å². The fourth-order valence-corrected chi connectivity index (χ4v) is 4.91. The molecule has 0 bridgehead atoms. The van der Waals surface area contributed by atoms with E-state index in [0.717, 1.165) is 61.8 Å². The van der Waals surface area contributed by atoms with Crippen LogP contribution in [0.25, 0.3) is 16.9 Å². The number of piperazine rings is 1. The van der Waals surface area contributed by atoms with Gasteiger partial charge < -0.3 is 9.80 Å². The Morgan fingerprint density at radius 3 is 2.15 bits per heavy atom. The number of carbonyl (C=O) groups is 1. The Morgan fingerprint density at radius 1 is 0.818 bits per heavy atom. The van der Waals surface area contributed by atoms with Crippen molar-refractivity contribution in [2.45, 2.75) is 19.8 Å². The molecule has 0 spiro atoms. The van der Waals surface area contributed by atoms with Crippen LogP contribution in [0.1, 0.15) is 28.8 Å². The van der Waals surface area contributed by atoms with Crippen LogP contribution in [0.5, 0.6) is 0 Å². The Morgan fingerprint density at radius 2 is 1.45 bits per heavy atom. The number of rotatable bonds is 6. The summed E-state index contributed by atoms with van der Waals surface area (Å²) >= 11 is 0. The highest BCUT2D eigenvalue weighted by molar-refractivity contribution is 6.00. The van der Waals surface area contributed by atoms with Crippen LogP contribution in [-0.4, -0.2) is 82.7 Å². The van der Waals surface area contributed by atoms with Crippen molar-refractivity contribution in [3.63, 3.8) is 0 Å². The largest absolute Gasteiger partial charge is 0.336 e. The zero-order chi connectivity index (χ0) is 22.6. The number of hydrogen-bond acceptors (Lipinski definition) is 4. The molecule has 0 radical (unpaired) electrons. The lowest BCUT2D eigenvalue weighted by molar-refractivity contribution is 0.0627. The van der Waals surface area contributed by atoms with Crippen LogP contribution in [0.2, 0.25) is 0 Å². The van der Waals surface area contributed by atoms with Gasteiger partial charge in [0, 0.05) is 51.0 Å². The van der Waals surface area contributed by atoms with Gasteiger partial charge >= 0.3 is 0 Å². The third-order valence-electron chi connectivity index (χ3n) is 6.96. The summed E-state index contributed by atoms with van der Waals surface area (Å²) < 4.78 is 1.83. The summed E-state index contributed by atoms with van der Waals surface area (Å²) in [5.41, 5.74) is 4.53. The summed E-state index contributed by atoms with van der Waals surface area (Å²) in [6, 6.07) is 18.2. The molecule has 0 N–H and O–H groups in total. The van der Waals surface area contributed by atoms with E-state index in [0.29, 0.717) is 5.56 Å². The van der Waals surface area contributed by atoms with Gasteiger partial charge in [0.1, 0.15) is 5.69 Å².